The number of hydrogen-bond acceptors (Lipinski definition) is 2. The Morgan fingerprint density at radius 3 is 2.52 bits per heavy atom. The first kappa shape index (κ1) is 14.1. The third-order valence-electron chi connectivity index (χ3n) is 3.95. The fraction of sp³-hybridized carbons (Fsp3) is 0.235. The van der Waals surface area contributed by atoms with Gasteiger partial charge in [0.25, 0.3) is 0 Å². The predicted octanol–water partition coefficient (Wildman–Crippen LogP) is 3.32. The SMILES string of the molecule is CCc1ccc(N2C(=O)C(N)C2c2cccc(Cl)c2)cc1. The van der Waals surface area contributed by atoms with Crippen LogP contribution in [0.15, 0.2) is 48.5 Å². The van der Waals surface area contributed by atoms with E-state index in [0.717, 1.165) is 17.7 Å². The Labute approximate surface area is 129 Å². The van der Waals surface area contributed by atoms with Crippen molar-refractivity contribution < 1.29 is 4.79 Å². The van der Waals surface area contributed by atoms with E-state index in [1.54, 1.807) is 4.90 Å². The molecule has 0 aliphatic carbocycles. The summed E-state index contributed by atoms with van der Waals surface area (Å²) in [6.07, 6.45) is 0.978. The molecule has 0 radical (unpaired) electrons. The number of nitrogens with two attached hydrogens (primary N) is 1. The summed E-state index contributed by atoms with van der Waals surface area (Å²) in [5.41, 5.74) is 9.09. The molecular weight excluding hydrogens is 284 g/mol. The minimum Gasteiger partial charge on any atom is -0.318 e. The molecule has 2 N–H and O–H groups in total. The van der Waals surface area contributed by atoms with Crippen LogP contribution >= 0.6 is 11.6 Å². The van der Waals surface area contributed by atoms with Crippen LogP contribution < -0.4 is 10.6 Å². The van der Waals surface area contributed by atoms with Crippen LogP contribution in [0.4, 0.5) is 5.69 Å². The lowest BCUT2D eigenvalue weighted by Gasteiger charge is -2.45. The monoisotopic (exact) mass is 300 g/mol. The van der Waals surface area contributed by atoms with E-state index < -0.39 is 6.04 Å². The van der Waals surface area contributed by atoms with Gasteiger partial charge < -0.3 is 10.6 Å². The quantitative estimate of drug-likeness (QED) is 0.884. The molecule has 1 saturated heterocycles. The van der Waals surface area contributed by atoms with Crippen LogP contribution in [0, 0.1) is 0 Å². The molecule has 1 aliphatic rings. The minimum absolute atomic E-state index is 0.0516. The first-order valence-electron chi connectivity index (χ1n) is 7.05. The summed E-state index contributed by atoms with van der Waals surface area (Å²) in [6.45, 7) is 2.11. The second-order valence-electron chi connectivity index (χ2n) is 5.25. The molecule has 4 heteroatoms. The molecule has 1 aliphatic heterocycles. The van der Waals surface area contributed by atoms with E-state index in [1.807, 2.05) is 48.5 Å². The third kappa shape index (κ3) is 2.43. The van der Waals surface area contributed by atoms with Crippen molar-refractivity contribution >= 4 is 23.2 Å². The summed E-state index contributed by atoms with van der Waals surface area (Å²) in [6, 6.07) is 14.9. The second-order valence-corrected chi connectivity index (χ2v) is 5.69. The highest BCUT2D eigenvalue weighted by atomic mass is 35.5. The minimum atomic E-state index is -0.505. The van der Waals surface area contributed by atoms with Gasteiger partial charge in [-0.15, -0.1) is 0 Å². The van der Waals surface area contributed by atoms with Crippen molar-refractivity contribution in [2.75, 3.05) is 4.90 Å². The Morgan fingerprint density at radius 1 is 1.19 bits per heavy atom. The van der Waals surface area contributed by atoms with E-state index in [2.05, 4.69) is 6.92 Å². The van der Waals surface area contributed by atoms with Gasteiger partial charge in [0.1, 0.15) is 6.04 Å². The number of carbonyl (C=O) groups is 1. The summed E-state index contributed by atoms with van der Waals surface area (Å²) >= 11 is 6.04. The lowest BCUT2D eigenvalue weighted by molar-refractivity contribution is -0.126. The number of hydrogen-bond donors (Lipinski definition) is 1. The van der Waals surface area contributed by atoms with Crippen molar-refractivity contribution in [3.05, 3.63) is 64.7 Å². The Hall–Kier alpha value is -1.84. The largest absolute Gasteiger partial charge is 0.318 e. The Kier molecular flexibility index (Phi) is 3.70. The van der Waals surface area contributed by atoms with Gasteiger partial charge in [-0.3, -0.25) is 4.79 Å². The number of rotatable bonds is 3. The number of halogens is 1. The normalized spacial score (nSPS) is 21.3. The zero-order valence-electron chi connectivity index (χ0n) is 11.8. The molecule has 1 amide bonds. The number of anilines is 1. The number of benzene rings is 2. The molecule has 3 nitrogen and oxygen atoms in total. The van der Waals surface area contributed by atoms with E-state index in [-0.39, 0.29) is 11.9 Å². The van der Waals surface area contributed by atoms with Gasteiger partial charge in [0.15, 0.2) is 0 Å². The predicted molar refractivity (Wildman–Crippen MR) is 85.5 cm³/mol. The van der Waals surface area contributed by atoms with Crippen LogP contribution in [0.2, 0.25) is 5.02 Å². The fourth-order valence-corrected chi connectivity index (χ4v) is 2.94. The van der Waals surface area contributed by atoms with E-state index in [0.29, 0.717) is 5.02 Å². The maximum Gasteiger partial charge on any atom is 0.247 e. The zero-order valence-corrected chi connectivity index (χ0v) is 12.5. The van der Waals surface area contributed by atoms with Crippen molar-refractivity contribution in [2.24, 2.45) is 5.73 Å². The van der Waals surface area contributed by atoms with Crippen molar-refractivity contribution in [3.8, 4) is 0 Å². The maximum atomic E-state index is 12.2. The molecule has 2 unspecified atom stereocenters. The van der Waals surface area contributed by atoms with Crippen molar-refractivity contribution in [3.63, 3.8) is 0 Å². The van der Waals surface area contributed by atoms with Crippen LogP contribution in [0.1, 0.15) is 24.1 Å². The smallest absolute Gasteiger partial charge is 0.247 e. The van der Waals surface area contributed by atoms with Crippen molar-refractivity contribution in [1.29, 1.82) is 0 Å². The van der Waals surface area contributed by atoms with Crippen LogP contribution in [0.25, 0.3) is 0 Å². The Bertz CT molecular complexity index is 669. The number of β-lactam (4-membered cyclic amide) rings is 1. The highest BCUT2D eigenvalue weighted by Gasteiger charge is 2.46. The molecule has 21 heavy (non-hydrogen) atoms. The van der Waals surface area contributed by atoms with E-state index in [1.165, 1.54) is 5.56 Å². The molecule has 0 aromatic heterocycles. The van der Waals surface area contributed by atoms with E-state index in [4.69, 9.17) is 17.3 Å². The van der Waals surface area contributed by atoms with Gasteiger partial charge in [-0.1, -0.05) is 42.8 Å². The maximum absolute atomic E-state index is 12.2. The first-order chi connectivity index (χ1) is 10.1. The van der Waals surface area contributed by atoms with Crippen LogP contribution in [-0.4, -0.2) is 11.9 Å². The summed E-state index contributed by atoms with van der Waals surface area (Å²) in [4.78, 5) is 13.9. The van der Waals surface area contributed by atoms with Gasteiger partial charge in [-0.25, -0.2) is 0 Å². The molecule has 2 aromatic carbocycles. The van der Waals surface area contributed by atoms with Crippen LogP contribution in [0.5, 0.6) is 0 Å². The summed E-state index contributed by atoms with van der Waals surface area (Å²) in [5.74, 6) is -0.0516. The first-order valence-corrected chi connectivity index (χ1v) is 7.42. The van der Waals surface area contributed by atoms with Gasteiger partial charge >= 0.3 is 0 Å². The number of aryl methyl sites for hydroxylation is 1. The molecule has 1 heterocycles. The van der Waals surface area contributed by atoms with Gasteiger partial charge in [0.2, 0.25) is 5.91 Å². The number of carbonyl (C=O) groups excluding carboxylic acids is 1. The molecule has 0 saturated carbocycles. The average Bonchev–Trinajstić information content (AvgIpc) is 2.51. The molecule has 2 aromatic rings. The number of nitrogens with zero attached hydrogens (tertiary/aromatic N) is 1. The molecule has 3 rings (SSSR count). The van der Waals surface area contributed by atoms with Crippen molar-refractivity contribution in [1.82, 2.24) is 0 Å². The van der Waals surface area contributed by atoms with Gasteiger partial charge in [0.05, 0.1) is 6.04 Å². The lowest BCUT2D eigenvalue weighted by atomic mass is 9.88. The van der Waals surface area contributed by atoms with Crippen molar-refractivity contribution in [2.45, 2.75) is 25.4 Å². The molecule has 2 atom stereocenters. The van der Waals surface area contributed by atoms with Gasteiger partial charge in [-0.2, -0.15) is 0 Å². The Balaban J connectivity index is 1.94. The Morgan fingerprint density at radius 2 is 1.90 bits per heavy atom. The van der Waals surface area contributed by atoms with Gasteiger partial charge in [0, 0.05) is 10.7 Å². The summed E-state index contributed by atoms with van der Waals surface area (Å²) in [5, 5.41) is 0.653. The fourth-order valence-electron chi connectivity index (χ4n) is 2.74. The van der Waals surface area contributed by atoms with E-state index >= 15 is 0 Å². The van der Waals surface area contributed by atoms with Crippen LogP contribution in [0.3, 0.4) is 0 Å². The molecule has 108 valence electrons. The molecule has 0 spiro atoms. The highest BCUT2D eigenvalue weighted by Crippen LogP contribution is 2.38. The molecular formula is C17H17ClN2O. The lowest BCUT2D eigenvalue weighted by Crippen LogP contribution is -2.63. The topological polar surface area (TPSA) is 46.3 Å². The standard InChI is InChI=1S/C17H17ClN2O/c1-2-11-6-8-14(9-7-11)20-16(15(19)17(20)21)12-4-3-5-13(18)10-12/h3-10,15-16H,2,19H2,1H3. The van der Waals surface area contributed by atoms with Crippen LogP contribution in [-0.2, 0) is 11.2 Å². The third-order valence-corrected chi connectivity index (χ3v) is 4.19. The second kappa shape index (κ2) is 5.51. The van der Waals surface area contributed by atoms with E-state index in [9.17, 15) is 4.79 Å². The highest BCUT2D eigenvalue weighted by molar-refractivity contribution is 6.30. The summed E-state index contributed by atoms with van der Waals surface area (Å²) in [7, 11) is 0. The number of amides is 1. The summed E-state index contributed by atoms with van der Waals surface area (Å²) < 4.78 is 0. The molecule has 1 fully saturated rings. The van der Waals surface area contributed by atoms with Gasteiger partial charge in [-0.05, 0) is 41.8 Å². The average molecular weight is 301 g/mol. The zero-order chi connectivity index (χ0) is 15.0. The molecule has 0 bridgehead atoms.